The van der Waals surface area contributed by atoms with Crippen LogP contribution in [0.25, 0.3) is 0 Å². The highest BCUT2D eigenvalue weighted by Gasteiger charge is 2.23. The molecule has 1 unspecified atom stereocenters. The van der Waals surface area contributed by atoms with E-state index in [0.29, 0.717) is 6.42 Å². The normalized spacial score (nSPS) is 13.2. The number of hydrogen-bond acceptors (Lipinski definition) is 2. The van der Waals surface area contributed by atoms with Crippen LogP contribution in [0.3, 0.4) is 0 Å². The molecule has 2 rings (SSSR count). The van der Waals surface area contributed by atoms with Gasteiger partial charge in [-0.15, -0.1) is 0 Å². The van der Waals surface area contributed by atoms with Crippen molar-refractivity contribution in [2.45, 2.75) is 12.5 Å². The molecule has 100 valence electrons. The molecule has 4 nitrogen and oxygen atoms in total. The predicted molar refractivity (Wildman–Crippen MR) is 72.5 cm³/mol. The Morgan fingerprint density at radius 2 is 1.47 bits per heavy atom. The summed E-state index contributed by atoms with van der Waals surface area (Å²) in [4.78, 5) is 18.0. The Hall–Kier alpha value is -1.45. The molecule has 0 heterocycles. The van der Waals surface area contributed by atoms with Gasteiger partial charge in [-0.2, -0.15) is 0 Å². The fourth-order valence-electron chi connectivity index (χ4n) is 1.88. The van der Waals surface area contributed by atoms with Crippen LogP contribution in [0.5, 0.6) is 0 Å². The Morgan fingerprint density at radius 1 is 0.947 bits per heavy atom. The van der Waals surface area contributed by atoms with Crippen molar-refractivity contribution in [3.8, 4) is 0 Å². The summed E-state index contributed by atoms with van der Waals surface area (Å²) in [6.45, 7) is 0. The number of hydrogen-bond donors (Lipinski definition) is 2. The molecule has 2 aromatic rings. The first-order valence-corrected chi connectivity index (χ1v) is 7.40. The molecule has 5 heteroatoms. The minimum absolute atomic E-state index is 0.413. The summed E-state index contributed by atoms with van der Waals surface area (Å²) in [5.41, 5.74) is 1.71. The molecule has 0 aliphatic heterocycles. The highest BCUT2D eigenvalue weighted by Crippen LogP contribution is 2.43. The van der Waals surface area contributed by atoms with E-state index < -0.39 is 13.9 Å². The molecule has 0 radical (unpaired) electrons. The van der Waals surface area contributed by atoms with Crippen molar-refractivity contribution in [1.82, 2.24) is 0 Å². The first-order chi connectivity index (χ1) is 9.04. The van der Waals surface area contributed by atoms with Crippen LogP contribution in [0.4, 0.5) is 0 Å². The van der Waals surface area contributed by atoms with E-state index in [2.05, 4.69) is 0 Å². The second-order valence-electron chi connectivity index (χ2n) is 4.19. The average Bonchev–Trinajstić information content (AvgIpc) is 2.39. The molecule has 0 aromatic heterocycles. The van der Waals surface area contributed by atoms with E-state index in [1.165, 1.54) is 0 Å². The van der Waals surface area contributed by atoms with E-state index >= 15 is 0 Å². The van der Waals surface area contributed by atoms with E-state index in [9.17, 15) is 4.57 Å². The van der Waals surface area contributed by atoms with Crippen molar-refractivity contribution < 1.29 is 18.9 Å². The Morgan fingerprint density at radius 3 is 2.00 bits per heavy atom. The Bertz CT molecular complexity index is 550. The zero-order valence-corrected chi connectivity index (χ0v) is 11.1. The average molecular weight is 278 g/mol. The van der Waals surface area contributed by atoms with Crippen LogP contribution >= 0.6 is 7.82 Å². The van der Waals surface area contributed by atoms with Gasteiger partial charge in [0.25, 0.3) is 0 Å². The van der Waals surface area contributed by atoms with Gasteiger partial charge in [-0.1, -0.05) is 60.7 Å². The summed E-state index contributed by atoms with van der Waals surface area (Å²) < 4.78 is 16.0. The Labute approximate surface area is 111 Å². The topological polar surface area (TPSA) is 66.8 Å². The minimum atomic E-state index is -4.52. The zero-order chi connectivity index (χ0) is 13.7. The van der Waals surface area contributed by atoms with Gasteiger partial charge in [0.15, 0.2) is 0 Å². The molecule has 0 fully saturated rings. The molecule has 2 N–H and O–H groups in total. The standard InChI is InChI=1S/C14H15O4P/c15-19(16,17)18-14(13-9-5-2-6-10-13)11-12-7-3-1-4-8-12/h1-10,14H,11H2,(H2,15,16,17). The lowest BCUT2D eigenvalue weighted by Crippen LogP contribution is -2.06. The highest BCUT2D eigenvalue weighted by atomic mass is 31.2. The number of phosphoric acid groups is 1. The molecule has 0 amide bonds. The van der Waals surface area contributed by atoms with Crippen LogP contribution in [-0.2, 0) is 15.5 Å². The summed E-state index contributed by atoms with van der Waals surface area (Å²) in [5.74, 6) is 0. The van der Waals surface area contributed by atoms with Gasteiger partial charge >= 0.3 is 7.82 Å². The lowest BCUT2D eigenvalue weighted by atomic mass is 10.0. The van der Waals surface area contributed by atoms with Crippen molar-refractivity contribution in [2.75, 3.05) is 0 Å². The molecule has 0 saturated heterocycles. The molecule has 0 bridgehead atoms. The van der Waals surface area contributed by atoms with Gasteiger partial charge in [0.1, 0.15) is 0 Å². The van der Waals surface area contributed by atoms with Crippen LogP contribution in [0.1, 0.15) is 17.2 Å². The molecular weight excluding hydrogens is 263 g/mol. The fourth-order valence-corrected chi connectivity index (χ4v) is 2.41. The summed E-state index contributed by atoms with van der Waals surface area (Å²) in [6.07, 6.45) is -0.250. The predicted octanol–water partition coefficient (Wildman–Crippen LogP) is 3.08. The molecular formula is C14H15O4P. The van der Waals surface area contributed by atoms with E-state index in [1.807, 2.05) is 48.5 Å². The van der Waals surface area contributed by atoms with Crippen LogP contribution in [0, 0.1) is 0 Å². The van der Waals surface area contributed by atoms with Gasteiger partial charge in [-0.05, 0) is 11.1 Å². The lowest BCUT2D eigenvalue weighted by Gasteiger charge is -2.18. The van der Waals surface area contributed by atoms with Crippen molar-refractivity contribution in [1.29, 1.82) is 0 Å². The monoisotopic (exact) mass is 278 g/mol. The fraction of sp³-hybridized carbons (Fsp3) is 0.143. The maximum absolute atomic E-state index is 11.1. The number of rotatable bonds is 5. The smallest absolute Gasteiger partial charge is 0.303 e. The summed E-state index contributed by atoms with van der Waals surface area (Å²) in [6, 6.07) is 18.5. The van der Waals surface area contributed by atoms with Gasteiger partial charge in [0.2, 0.25) is 0 Å². The van der Waals surface area contributed by atoms with Gasteiger partial charge < -0.3 is 9.79 Å². The van der Waals surface area contributed by atoms with Crippen LogP contribution in [0.2, 0.25) is 0 Å². The molecule has 0 aliphatic carbocycles. The summed E-state index contributed by atoms with van der Waals surface area (Å²) in [5, 5.41) is 0. The molecule has 0 saturated carbocycles. The largest absolute Gasteiger partial charge is 0.470 e. The van der Waals surface area contributed by atoms with Gasteiger partial charge in [0, 0.05) is 6.42 Å². The molecule has 0 spiro atoms. The first kappa shape index (κ1) is 14.0. The second-order valence-corrected chi connectivity index (χ2v) is 5.38. The number of phosphoric ester groups is 1. The third-order valence-corrected chi connectivity index (χ3v) is 3.23. The number of benzene rings is 2. The first-order valence-electron chi connectivity index (χ1n) is 5.87. The van der Waals surface area contributed by atoms with Crippen molar-refractivity contribution >= 4 is 7.82 Å². The highest BCUT2D eigenvalue weighted by molar-refractivity contribution is 7.46. The van der Waals surface area contributed by atoms with Crippen molar-refractivity contribution in [3.05, 3.63) is 71.8 Å². The van der Waals surface area contributed by atoms with E-state index in [0.717, 1.165) is 11.1 Å². The van der Waals surface area contributed by atoms with Crippen LogP contribution in [-0.4, -0.2) is 9.79 Å². The van der Waals surface area contributed by atoms with Crippen LogP contribution in [0.15, 0.2) is 60.7 Å². The molecule has 0 aliphatic rings. The van der Waals surface area contributed by atoms with Crippen molar-refractivity contribution in [2.24, 2.45) is 0 Å². The van der Waals surface area contributed by atoms with Gasteiger partial charge in [0.05, 0.1) is 6.10 Å². The zero-order valence-electron chi connectivity index (χ0n) is 10.2. The second kappa shape index (κ2) is 6.13. The van der Waals surface area contributed by atoms with E-state index in [4.69, 9.17) is 14.3 Å². The molecule has 19 heavy (non-hydrogen) atoms. The van der Waals surface area contributed by atoms with E-state index in [-0.39, 0.29) is 0 Å². The van der Waals surface area contributed by atoms with Gasteiger partial charge in [-0.3, -0.25) is 4.52 Å². The third-order valence-electron chi connectivity index (χ3n) is 2.70. The SMILES string of the molecule is O=P(O)(O)OC(Cc1ccccc1)c1ccccc1. The maximum atomic E-state index is 11.1. The minimum Gasteiger partial charge on any atom is -0.303 e. The maximum Gasteiger partial charge on any atom is 0.470 e. The van der Waals surface area contributed by atoms with Gasteiger partial charge in [-0.25, -0.2) is 4.57 Å². The Balaban J connectivity index is 2.22. The molecule has 1 atom stereocenters. The summed E-state index contributed by atoms with van der Waals surface area (Å²) in [7, 11) is -4.52. The van der Waals surface area contributed by atoms with E-state index in [1.54, 1.807) is 12.1 Å². The summed E-state index contributed by atoms with van der Waals surface area (Å²) >= 11 is 0. The quantitative estimate of drug-likeness (QED) is 0.825. The van der Waals surface area contributed by atoms with Crippen molar-refractivity contribution in [3.63, 3.8) is 0 Å². The molecule has 2 aromatic carbocycles. The van der Waals surface area contributed by atoms with Crippen LogP contribution < -0.4 is 0 Å². The third kappa shape index (κ3) is 4.62. The lowest BCUT2D eigenvalue weighted by molar-refractivity contribution is 0.134. The Kier molecular flexibility index (Phi) is 4.51.